The van der Waals surface area contributed by atoms with Gasteiger partial charge in [-0.25, -0.2) is 22.9 Å². The van der Waals surface area contributed by atoms with Crippen LogP contribution in [0.4, 0.5) is 19.1 Å². The summed E-state index contributed by atoms with van der Waals surface area (Å²) in [6, 6.07) is 6.72. The van der Waals surface area contributed by atoms with E-state index in [1.807, 2.05) is 4.72 Å². The summed E-state index contributed by atoms with van der Waals surface area (Å²) in [6.07, 6.45) is -2.80. The molecule has 20 heteroatoms. The molecule has 0 fully saturated rings. The number of hydrogen-bond donors (Lipinski definition) is 2. The maximum atomic E-state index is 13.3. The van der Waals surface area contributed by atoms with Crippen molar-refractivity contribution in [1.82, 2.24) is 29.5 Å². The highest BCUT2D eigenvalue weighted by atomic mass is 35.5. The van der Waals surface area contributed by atoms with Crippen molar-refractivity contribution in [2.75, 3.05) is 26.1 Å². The lowest BCUT2D eigenvalue weighted by Crippen LogP contribution is -2.21. The first-order chi connectivity index (χ1) is 20.7. The second-order valence-corrected chi connectivity index (χ2v) is 10.7. The third kappa shape index (κ3) is 6.61. The number of carbonyl (C=O) groups is 1. The summed E-state index contributed by atoms with van der Waals surface area (Å²) in [6.45, 7) is 0. The van der Waals surface area contributed by atoms with E-state index in [0.717, 1.165) is 17.8 Å². The summed E-state index contributed by atoms with van der Waals surface area (Å²) in [4.78, 5) is 25.0. The van der Waals surface area contributed by atoms with E-state index in [4.69, 9.17) is 42.5 Å². The number of anilines is 1. The van der Waals surface area contributed by atoms with Gasteiger partial charge in [0.25, 0.3) is 21.7 Å². The molecule has 4 aromatic heterocycles. The number of halogens is 5. The molecule has 0 amide bonds. The lowest BCUT2D eigenvalue weighted by Gasteiger charge is -2.15. The molecule has 0 radical (unpaired) electrons. The van der Waals surface area contributed by atoms with Crippen LogP contribution in [0.5, 0.6) is 17.6 Å². The number of sulfonamides is 1. The van der Waals surface area contributed by atoms with Crippen molar-refractivity contribution in [1.29, 1.82) is 0 Å². The molecule has 0 saturated carbocycles. The zero-order chi connectivity index (χ0) is 32.4. The molecule has 0 atom stereocenters. The average molecular weight is 676 g/mol. The predicted molar refractivity (Wildman–Crippen MR) is 149 cm³/mol. The first-order valence-electron chi connectivity index (χ1n) is 11.7. The number of fused-ring (bicyclic) bond motifs is 2. The summed E-state index contributed by atoms with van der Waals surface area (Å²) >= 11 is 11.5. The highest BCUT2D eigenvalue weighted by Gasteiger charge is 2.40. The van der Waals surface area contributed by atoms with E-state index in [2.05, 4.69) is 25.0 Å². The fraction of sp³-hybridized carbons (Fsp3) is 0.167. The molecule has 5 rings (SSSR count). The highest BCUT2D eigenvalue weighted by Crippen LogP contribution is 2.38. The normalized spacial score (nSPS) is 11.5. The molecule has 0 bridgehead atoms. The van der Waals surface area contributed by atoms with Gasteiger partial charge in [0.05, 0.1) is 48.5 Å². The van der Waals surface area contributed by atoms with Crippen LogP contribution in [0.3, 0.4) is 0 Å². The molecule has 0 spiro atoms. The molecule has 0 aliphatic heterocycles. The minimum atomic E-state index is -4.98. The van der Waals surface area contributed by atoms with Crippen molar-refractivity contribution in [3.63, 3.8) is 0 Å². The van der Waals surface area contributed by atoms with Gasteiger partial charge in [-0.3, -0.25) is 4.98 Å². The number of pyridine rings is 2. The number of carboxylic acid groups (broad SMARTS) is 1. The van der Waals surface area contributed by atoms with Crippen LogP contribution in [0.25, 0.3) is 16.7 Å². The number of nitrogens with zero attached hydrogens (tertiary/aromatic N) is 6. The number of ether oxygens (including phenoxy) is 3. The molecular weight excluding hydrogens is 658 g/mol. The van der Waals surface area contributed by atoms with Gasteiger partial charge in [0.2, 0.25) is 17.6 Å². The van der Waals surface area contributed by atoms with Gasteiger partial charge < -0.3 is 19.3 Å². The monoisotopic (exact) mass is 675 g/mol. The smallest absolute Gasteiger partial charge is 0.418 e. The maximum absolute atomic E-state index is 13.3. The number of nitrogens with one attached hydrogen (secondary N) is 1. The van der Waals surface area contributed by atoms with E-state index in [-0.39, 0.29) is 28.1 Å². The van der Waals surface area contributed by atoms with Gasteiger partial charge in [0.15, 0.2) is 4.90 Å². The lowest BCUT2D eigenvalue weighted by atomic mass is 10.1. The number of methoxy groups -OCH3 is 3. The van der Waals surface area contributed by atoms with Crippen molar-refractivity contribution in [2.45, 2.75) is 11.1 Å². The second kappa shape index (κ2) is 12.5. The third-order valence-electron chi connectivity index (χ3n) is 5.52. The molecule has 232 valence electrons. The molecule has 44 heavy (non-hydrogen) atoms. The summed E-state index contributed by atoms with van der Waals surface area (Å²) in [5, 5.41) is 14.1. The summed E-state index contributed by atoms with van der Waals surface area (Å²) in [7, 11) is -1.20. The summed E-state index contributed by atoms with van der Waals surface area (Å²) in [5.74, 6) is -2.31. The fourth-order valence-corrected chi connectivity index (χ4v) is 5.36. The van der Waals surface area contributed by atoms with Crippen LogP contribution in [-0.2, 0) is 16.2 Å². The molecule has 0 saturated heterocycles. The Balaban J connectivity index is 0.000000246. The van der Waals surface area contributed by atoms with Crippen molar-refractivity contribution in [3.05, 3.63) is 63.9 Å². The Hall–Kier alpha value is -4.68. The lowest BCUT2D eigenvalue weighted by molar-refractivity contribution is -0.140. The van der Waals surface area contributed by atoms with E-state index in [0.29, 0.717) is 22.0 Å². The average Bonchev–Trinajstić information content (AvgIpc) is 3.37. The Kier molecular flexibility index (Phi) is 9.17. The van der Waals surface area contributed by atoms with Crippen molar-refractivity contribution >= 4 is 61.8 Å². The van der Waals surface area contributed by atoms with E-state index >= 15 is 0 Å². The molecule has 1 aromatic carbocycles. The molecular formula is C24H18Cl2F3N7O7S. The summed E-state index contributed by atoms with van der Waals surface area (Å²) < 4.78 is 83.1. The zero-order valence-corrected chi connectivity index (χ0v) is 24.7. The number of aromatic nitrogens is 6. The van der Waals surface area contributed by atoms with Crippen LogP contribution < -0.4 is 18.9 Å². The molecule has 2 N–H and O–H groups in total. The molecule has 0 aliphatic carbocycles. The van der Waals surface area contributed by atoms with Crippen LogP contribution >= 0.6 is 23.2 Å². The predicted octanol–water partition coefficient (Wildman–Crippen LogP) is 4.60. The fourth-order valence-electron chi connectivity index (χ4n) is 3.70. The van der Waals surface area contributed by atoms with E-state index in [9.17, 15) is 26.4 Å². The van der Waals surface area contributed by atoms with Crippen molar-refractivity contribution in [3.8, 4) is 17.6 Å². The van der Waals surface area contributed by atoms with E-state index in [1.165, 1.54) is 32.5 Å². The summed E-state index contributed by atoms with van der Waals surface area (Å²) in [5.41, 5.74) is -1.11. The first kappa shape index (κ1) is 32.2. The molecule has 0 unspecified atom stereocenters. The molecule has 0 aliphatic rings. The van der Waals surface area contributed by atoms with Crippen LogP contribution in [0.2, 0.25) is 10.0 Å². The highest BCUT2D eigenvalue weighted by molar-refractivity contribution is 7.92. The Morgan fingerprint density at radius 2 is 1.75 bits per heavy atom. The van der Waals surface area contributed by atoms with Gasteiger partial charge in [0.1, 0.15) is 5.56 Å². The quantitative estimate of drug-likeness (QED) is 0.245. The van der Waals surface area contributed by atoms with Gasteiger partial charge in [-0.2, -0.15) is 27.7 Å². The minimum Gasteiger partial charge on any atom is -0.481 e. The molecule has 4 heterocycles. The van der Waals surface area contributed by atoms with Crippen LogP contribution in [0.1, 0.15) is 15.9 Å². The number of benzene rings is 1. The maximum Gasteiger partial charge on any atom is 0.418 e. The van der Waals surface area contributed by atoms with Crippen LogP contribution in [0, 0.1) is 0 Å². The van der Waals surface area contributed by atoms with Crippen LogP contribution in [-0.4, -0.2) is 70.4 Å². The van der Waals surface area contributed by atoms with E-state index in [1.54, 1.807) is 12.1 Å². The Labute approximate surface area is 255 Å². The van der Waals surface area contributed by atoms with Crippen molar-refractivity contribution < 1.29 is 45.7 Å². The standard InChI is InChI=1S/C14H13F3N6O5S.C10H5Cl2NO2/c1-26-8-6-9(27-2)23-13(19-8)20-12(21-23)22-29(24,25)10-7(14(15,16)17)4-5-18-11(10)28-3;11-6-3-5-1-2-7(12)8(10(14)15)9(5)13-4-6/h4-6H,1-3H3,(H,21,22);1-4H,(H,14,15). The number of rotatable bonds is 7. The van der Waals surface area contributed by atoms with Crippen LogP contribution in [0.15, 0.2) is 47.6 Å². The topological polar surface area (TPSA) is 180 Å². The number of hydrogen-bond acceptors (Lipinski definition) is 11. The van der Waals surface area contributed by atoms with E-state index < -0.39 is 44.5 Å². The molecule has 14 nitrogen and oxygen atoms in total. The van der Waals surface area contributed by atoms with Crippen molar-refractivity contribution in [2.24, 2.45) is 0 Å². The SMILES string of the molecule is COc1cc(OC)n2nc(NS(=O)(=O)c3c(C(F)(F)F)ccnc3OC)nc2n1.O=C(O)c1c(Cl)ccc2cc(Cl)cnc12. The minimum absolute atomic E-state index is 0.00540. The largest absolute Gasteiger partial charge is 0.481 e. The number of aromatic carboxylic acids is 1. The number of alkyl halides is 3. The first-order valence-corrected chi connectivity index (χ1v) is 13.9. The molecule has 5 aromatic rings. The van der Waals surface area contributed by atoms with Gasteiger partial charge in [0, 0.05) is 17.8 Å². The number of carboxylic acids is 1. The Morgan fingerprint density at radius 3 is 2.36 bits per heavy atom. The van der Waals surface area contributed by atoms with Gasteiger partial charge in [-0.15, -0.1) is 5.10 Å². The van der Waals surface area contributed by atoms with Gasteiger partial charge >= 0.3 is 12.1 Å². The Bertz CT molecular complexity index is 1990. The Morgan fingerprint density at radius 1 is 1.02 bits per heavy atom. The zero-order valence-electron chi connectivity index (χ0n) is 22.4. The van der Waals surface area contributed by atoms with Gasteiger partial charge in [-0.1, -0.05) is 29.3 Å². The third-order valence-corrected chi connectivity index (χ3v) is 7.43. The second-order valence-electron chi connectivity index (χ2n) is 8.24. The van der Waals surface area contributed by atoms with Gasteiger partial charge in [-0.05, 0) is 18.2 Å².